The lowest BCUT2D eigenvalue weighted by Gasteiger charge is -2.25. The molecule has 2 N–H and O–H groups in total. The van der Waals surface area contributed by atoms with Crippen LogP contribution in [0.1, 0.15) is 35.1 Å². The standard InChI is InChI=1S/C16H22N2O/c1-10-7-13-9-15(19)18-16(13)14(11(10)2)8-12-3-5-17-6-4-12/h7,12,17H,3-6,8-9H2,1-2H3,(H,18,19). The van der Waals surface area contributed by atoms with Crippen molar-refractivity contribution in [2.24, 2.45) is 5.92 Å². The van der Waals surface area contributed by atoms with E-state index in [-0.39, 0.29) is 5.91 Å². The molecule has 0 saturated carbocycles. The summed E-state index contributed by atoms with van der Waals surface area (Å²) in [7, 11) is 0. The third kappa shape index (κ3) is 2.39. The van der Waals surface area contributed by atoms with Gasteiger partial charge >= 0.3 is 0 Å². The lowest BCUT2D eigenvalue weighted by atomic mass is 9.86. The van der Waals surface area contributed by atoms with E-state index in [4.69, 9.17) is 0 Å². The monoisotopic (exact) mass is 258 g/mol. The molecule has 0 aliphatic carbocycles. The number of benzene rings is 1. The number of hydrogen-bond donors (Lipinski definition) is 2. The summed E-state index contributed by atoms with van der Waals surface area (Å²) in [5.74, 6) is 0.898. The van der Waals surface area contributed by atoms with Gasteiger partial charge in [0.1, 0.15) is 0 Å². The first kappa shape index (κ1) is 12.7. The lowest BCUT2D eigenvalue weighted by molar-refractivity contribution is -0.115. The van der Waals surface area contributed by atoms with E-state index in [1.54, 1.807) is 0 Å². The Kier molecular flexibility index (Phi) is 3.31. The van der Waals surface area contributed by atoms with Gasteiger partial charge in [0.25, 0.3) is 0 Å². The average Bonchev–Trinajstić information content (AvgIpc) is 2.76. The Morgan fingerprint density at radius 3 is 2.74 bits per heavy atom. The molecule has 3 rings (SSSR count). The van der Waals surface area contributed by atoms with Gasteiger partial charge in [-0.1, -0.05) is 6.07 Å². The summed E-state index contributed by atoms with van der Waals surface area (Å²) in [5, 5.41) is 6.49. The van der Waals surface area contributed by atoms with Crippen LogP contribution in [0.15, 0.2) is 6.07 Å². The van der Waals surface area contributed by atoms with Crippen molar-refractivity contribution < 1.29 is 4.79 Å². The molecule has 2 aliphatic rings. The minimum atomic E-state index is 0.145. The van der Waals surface area contributed by atoms with Gasteiger partial charge in [-0.2, -0.15) is 0 Å². The summed E-state index contributed by atoms with van der Waals surface area (Å²) in [5.41, 5.74) is 6.37. The first-order valence-electron chi connectivity index (χ1n) is 7.27. The number of amides is 1. The van der Waals surface area contributed by atoms with Crippen LogP contribution in [0.4, 0.5) is 5.69 Å². The lowest BCUT2D eigenvalue weighted by Crippen LogP contribution is -2.29. The zero-order chi connectivity index (χ0) is 13.4. The molecule has 0 radical (unpaired) electrons. The van der Waals surface area contributed by atoms with E-state index in [1.165, 1.54) is 35.1 Å². The average molecular weight is 258 g/mol. The van der Waals surface area contributed by atoms with E-state index in [0.29, 0.717) is 6.42 Å². The molecule has 1 aromatic rings. The number of anilines is 1. The Balaban J connectivity index is 1.93. The predicted molar refractivity (Wildman–Crippen MR) is 77.5 cm³/mol. The molecular weight excluding hydrogens is 236 g/mol. The Bertz CT molecular complexity index is 516. The Labute approximate surface area is 114 Å². The van der Waals surface area contributed by atoms with Crippen molar-refractivity contribution in [3.63, 3.8) is 0 Å². The van der Waals surface area contributed by atoms with Gasteiger partial charge < -0.3 is 10.6 Å². The van der Waals surface area contributed by atoms with Crippen molar-refractivity contribution in [2.45, 2.75) is 39.5 Å². The van der Waals surface area contributed by atoms with Crippen molar-refractivity contribution >= 4 is 11.6 Å². The molecule has 102 valence electrons. The molecule has 3 heteroatoms. The summed E-state index contributed by atoms with van der Waals surface area (Å²) in [6, 6.07) is 2.18. The highest BCUT2D eigenvalue weighted by atomic mass is 16.1. The second-order valence-corrected chi connectivity index (χ2v) is 5.95. The molecule has 1 saturated heterocycles. The van der Waals surface area contributed by atoms with Crippen molar-refractivity contribution in [2.75, 3.05) is 18.4 Å². The van der Waals surface area contributed by atoms with Crippen LogP contribution in [-0.4, -0.2) is 19.0 Å². The molecule has 1 amide bonds. The maximum absolute atomic E-state index is 11.6. The highest BCUT2D eigenvalue weighted by molar-refractivity contribution is 6.00. The SMILES string of the molecule is Cc1cc2c(c(CC3CCNCC3)c1C)NC(=O)C2. The van der Waals surface area contributed by atoms with Crippen LogP contribution in [0.25, 0.3) is 0 Å². The number of carbonyl (C=O) groups excluding carboxylic acids is 1. The maximum Gasteiger partial charge on any atom is 0.228 e. The number of carbonyl (C=O) groups is 1. The highest BCUT2D eigenvalue weighted by Gasteiger charge is 2.25. The second-order valence-electron chi connectivity index (χ2n) is 5.95. The summed E-state index contributed by atoms with van der Waals surface area (Å²) in [6.45, 7) is 6.61. The molecule has 2 heterocycles. The fourth-order valence-electron chi connectivity index (χ4n) is 3.34. The van der Waals surface area contributed by atoms with Crippen LogP contribution in [0.3, 0.4) is 0 Å². The zero-order valence-electron chi connectivity index (χ0n) is 11.8. The molecule has 0 unspecified atom stereocenters. The van der Waals surface area contributed by atoms with E-state index < -0.39 is 0 Å². The second kappa shape index (κ2) is 4.97. The van der Waals surface area contributed by atoms with Crippen molar-refractivity contribution in [3.05, 3.63) is 28.3 Å². The van der Waals surface area contributed by atoms with Gasteiger partial charge in [-0.3, -0.25) is 4.79 Å². The molecule has 19 heavy (non-hydrogen) atoms. The van der Waals surface area contributed by atoms with Gasteiger partial charge in [-0.15, -0.1) is 0 Å². The van der Waals surface area contributed by atoms with Crippen molar-refractivity contribution in [1.29, 1.82) is 0 Å². The summed E-state index contributed by atoms with van der Waals surface area (Å²) < 4.78 is 0. The van der Waals surface area contributed by atoms with Crippen LogP contribution in [0, 0.1) is 19.8 Å². The van der Waals surface area contributed by atoms with E-state index in [2.05, 4.69) is 30.5 Å². The van der Waals surface area contributed by atoms with Crippen LogP contribution >= 0.6 is 0 Å². The minimum absolute atomic E-state index is 0.145. The molecule has 3 nitrogen and oxygen atoms in total. The van der Waals surface area contributed by atoms with Crippen LogP contribution in [-0.2, 0) is 17.6 Å². The largest absolute Gasteiger partial charge is 0.325 e. The third-order valence-electron chi connectivity index (χ3n) is 4.62. The fourth-order valence-corrected chi connectivity index (χ4v) is 3.34. The Hall–Kier alpha value is -1.35. The van der Waals surface area contributed by atoms with Gasteiger partial charge in [0.2, 0.25) is 5.91 Å². The Morgan fingerprint density at radius 1 is 1.26 bits per heavy atom. The van der Waals surface area contributed by atoms with Crippen molar-refractivity contribution in [1.82, 2.24) is 5.32 Å². The number of fused-ring (bicyclic) bond motifs is 1. The zero-order valence-corrected chi connectivity index (χ0v) is 11.8. The van der Waals surface area contributed by atoms with Crippen LogP contribution in [0.2, 0.25) is 0 Å². The first-order valence-corrected chi connectivity index (χ1v) is 7.27. The highest BCUT2D eigenvalue weighted by Crippen LogP contribution is 2.34. The van der Waals surface area contributed by atoms with Gasteiger partial charge in [0.15, 0.2) is 0 Å². The molecule has 0 atom stereocenters. The van der Waals surface area contributed by atoms with Gasteiger partial charge in [0.05, 0.1) is 6.42 Å². The van der Waals surface area contributed by atoms with Gasteiger partial charge in [-0.05, 0) is 74.4 Å². The number of nitrogens with one attached hydrogen (secondary N) is 2. The number of rotatable bonds is 2. The minimum Gasteiger partial charge on any atom is -0.325 e. The predicted octanol–water partition coefficient (Wildman–Crippen LogP) is 2.34. The van der Waals surface area contributed by atoms with E-state index in [1.807, 2.05) is 0 Å². The molecule has 0 spiro atoms. The van der Waals surface area contributed by atoms with Gasteiger partial charge in [-0.25, -0.2) is 0 Å². The molecule has 2 aliphatic heterocycles. The quantitative estimate of drug-likeness (QED) is 0.855. The van der Waals surface area contributed by atoms with Crippen LogP contribution < -0.4 is 10.6 Å². The summed E-state index contributed by atoms with van der Waals surface area (Å²) in [6.07, 6.45) is 4.15. The van der Waals surface area contributed by atoms with Gasteiger partial charge in [0, 0.05) is 5.69 Å². The summed E-state index contributed by atoms with van der Waals surface area (Å²) in [4.78, 5) is 11.6. The maximum atomic E-state index is 11.6. The smallest absolute Gasteiger partial charge is 0.228 e. The topological polar surface area (TPSA) is 41.1 Å². The van der Waals surface area contributed by atoms with Crippen LogP contribution in [0.5, 0.6) is 0 Å². The normalized spacial score (nSPS) is 19.4. The Morgan fingerprint density at radius 2 is 2.00 bits per heavy atom. The molecular formula is C16H22N2O. The molecule has 1 aromatic carbocycles. The fraction of sp³-hybridized carbons (Fsp3) is 0.562. The van der Waals surface area contributed by atoms with E-state index in [0.717, 1.165) is 31.1 Å². The molecule has 0 bridgehead atoms. The number of aryl methyl sites for hydroxylation is 1. The summed E-state index contributed by atoms with van der Waals surface area (Å²) >= 11 is 0. The third-order valence-corrected chi connectivity index (χ3v) is 4.62. The molecule has 1 fully saturated rings. The van der Waals surface area contributed by atoms with E-state index in [9.17, 15) is 4.79 Å². The number of hydrogen-bond acceptors (Lipinski definition) is 2. The van der Waals surface area contributed by atoms with E-state index >= 15 is 0 Å². The number of piperidine rings is 1. The molecule has 0 aromatic heterocycles. The first-order chi connectivity index (χ1) is 9.15. The van der Waals surface area contributed by atoms with Crippen molar-refractivity contribution in [3.8, 4) is 0 Å².